The predicted octanol–water partition coefficient (Wildman–Crippen LogP) is 4.26. The van der Waals surface area contributed by atoms with Gasteiger partial charge in [0.1, 0.15) is 5.82 Å². The molecule has 0 spiro atoms. The van der Waals surface area contributed by atoms with E-state index in [1.165, 1.54) is 0 Å². The van der Waals surface area contributed by atoms with Crippen molar-refractivity contribution in [1.29, 1.82) is 0 Å². The van der Waals surface area contributed by atoms with Gasteiger partial charge in [0.2, 0.25) is 0 Å². The van der Waals surface area contributed by atoms with Crippen molar-refractivity contribution in [2.24, 2.45) is 0 Å². The first-order chi connectivity index (χ1) is 8.70. The highest BCUT2D eigenvalue weighted by Gasteiger charge is 2.06. The Kier molecular flexibility index (Phi) is 4.34. The van der Waals surface area contributed by atoms with Gasteiger partial charge in [-0.1, -0.05) is 42.8 Å². The van der Waals surface area contributed by atoms with E-state index >= 15 is 0 Å². The van der Waals surface area contributed by atoms with E-state index in [9.17, 15) is 4.39 Å². The SMILES string of the molecule is CCNCc1ccc(-c2cccc(Cl)c2)c(F)c1. The van der Waals surface area contributed by atoms with Gasteiger partial charge >= 0.3 is 0 Å². The number of nitrogens with one attached hydrogen (secondary N) is 1. The summed E-state index contributed by atoms with van der Waals surface area (Å²) in [5.74, 6) is -0.215. The molecule has 2 aromatic carbocycles. The third kappa shape index (κ3) is 3.09. The van der Waals surface area contributed by atoms with Crippen LogP contribution in [-0.2, 0) is 6.54 Å². The Morgan fingerprint density at radius 1 is 1.17 bits per heavy atom. The molecule has 0 amide bonds. The second kappa shape index (κ2) is 5.98. The van der Waals surface area contributed by atoms with Gasteiger partial charge in [0.25, 0.3) is 0 Å². The Bertz CT molecular complexity index is 540. The monoisotopic (exact) mass is 263 g/mol. The minimum Gasteiger partial charge on any atom is -0.313 e. The van der Waals surface area contributed by atoms with E-state index in [4.69, 9.17) is 11.6 Å². The topological polar surface area (TPSA) is 12.0 Å². The van der Waals surface area contributed by atoms with Gasteiger partial charge < -0.3 is 5.32 Å². The summed E-state index contributed by atoms with van der Waals surface area (Å²) in [5.41, 5.74) is 2.33. The van der Waals surface area contributed by atoms with Crippen molar-refractivity contribution in [3.8, 4) is 11.1 Å². The maximum atomic E-state index is 14.0. The first-order valence-electron chi connectivity index (χ1n) is 5.96. The van der Waals surface area contributed by atoms with Crippen LogP contribution in [0.3, 0.4) is 0 Å². The third-order valence-electron chi connectivity index (χ3n) is 2.75. The number of benzene rings is 2. The van der Waals surface area contributed by atoms with Crippen LogP contribution in [0.1, 0.15) is 12.5 Å². The molecule has 0 atom stereocenters. The third-order valence-corrected chi connectivity index (χ3v) is 2.98. The van der Waals surface area contributed by atoms with Crippen LogP contribution < -0.4 is 5.32 Å². The van der Waals surface area contributed by atoms with Crippen molar-refractivity contribution in [2.75, 3.05) is 6.54 Å². The molecule has 3 heteroatoms. The molecule has 94 valence electrons. The summed E-state index contributed by atoms with van der Waals surface area (Å²) in [4.78, 5) is 0. The molecule has 0 heterocycles. The minimum absolute atomic E-state index is 0.215. The molecule has 0 fully saturated rings. The Morgan fingerprint density at radius 2 is 2.00 bits per heavy atom. The summed E-state index contributed by atoms with van der Waals surface area (Å²) in [6.45, 7) is 3.58. The lowest BCUT2D eigenvalue weighted by atomic mass is 10.0. The standard InChI is InChI=1S/C15H15ClFN/c1-2-18-10-11-6-7-14(15(17)8-11)12-4-3-5-13(16)9-12/h3-9,18H,2,10H2,1H3. The molecule has 0 aromatic heterocycles. The van der Waals surface area contributed by atoms with Gasteiger partial charge in [-0.3, -0.25) is 0 Å². The predicted molar refractivity (Wildman–Crippen MR) is 74.2 cm³/mol. The van der Waals surface area contributed by atoms with Crippen LogP contribution in [0, 0.1) is 5.82 Å². The van der Waals surface area contributed by atoms with E-state index in [2.05, 4.69) is 5.32 Å². The van der Waals surface area contributed by atoms with Gasteiger partial charge in [0.15, 0.2) is 0 Å². The van der Waals surface area contributed by atoms with Gasteiger partial charge in [-0.15, -0.1) is 0 Å². The summed E-state index contributed by atoms with van der Waals surface area (Å²) in [7, 11) is 0. The first-order valence-corrected chi connectivity index (χ1v) is 6.33. The average Bonchev–Trinajstić information content (AvgIpc) is 2.36. The van der Waals surface area contributed by atoms with Crippen molar-refractivity contribution in [2.45, 2.75) is 13.5 Å². The number of halogens is 2. The quantitative estimate of drug-likeness (QED) is 0.869. The highest BCUT2D eigenvalue weighted by molar-refractivity contribution is 6.30. The lowest BCUT2D eigenvalue weighted by Crippen LogP contribution is -2.11. The molecule has 0 radical (unpaired) electrons. The molecule has 1 N–H and O–H groups in total. The van der Waals surface area contributed by atoms with Gasteiger partial charge in [-0.05, 0) is 35.9 Å². The zero-order valence-electron chi connectivity index (χ0n) is 10.2. The molecule has 0 aliphatic carbocycles. The van der Waals surface area contributed by atoms with Crippen molar-refractivity contribution < 1.29 is 4.39 Å². The van der Waals surface area contributed by atoms with E-state index in [0.717, 1.165) is 17.7 Å². The lowest BCUT2D eigenvalue weighted by Gasteiger charge is -2.07. The smallest absolute Gasteiger partial charge is 0.131 e. The van der Waals surface area contributed by atoms with Crippen molar-refractivity contribution in [3.63, 3.8) is 0 Å². The molecule has 2 rings (SSSR count). The highest BCUT2D eigenvalue weighted by atomic mass is 35.5. The van der Waals surface area contributed by atoms with Crippen LogP contribution >= 0.6 is 11.6 Å². The molecule has 2 aromatic rings. The molecular weight excluding hydrogens is 249 g/mol. The van der Waals surface area contributed by atoms with Gasteiger partial charge in [-0.2, -0.15) is 0 Å². The van der Waals surface area contributed by atoms with Gasteiger partial charge in [-0.25, -0.2) is 4.39 Å². The minimum atomic E-state index is -0.215. The van der Waals surface area contributed by atoms with Gasteiger partial charge in [0.05, 0.1) is 0 Å². The zero-order valence-corrected chi connectivity index (χ0v) is 11.0. The number of rotatable bonds is 4. The molecule has 1 nitrogen and oxygen atoms in total. The van der Waals surface area contributed by atoms with Crippen LogP contribution in [0.15, 0.2) is 42.5 Å². The Labute approximate surface area is 112 Å². The zero-order chi connectivity index (χ0) is 13.0. The van der Waals surface area contributed by atoms with Crippen molar-refractivity contribution in [1.82, 2.24) is 5.32 Å². The van der Waals surface area contributed by atoms with E-state index in [1.54, 1.807) is 24.3 Å². The fourth-order valence-electron chi connectivity index (χ4n) is 1.83. The summed E-state index contributed by atoms with van der Waals surface area (Å²) >= 11 is 5.91. The molecular formula is C15H15ClFN. The maximum absolute atomic E-state index is 14.0. The van der Waals surface area contributed by atoms with Crippen LogP contribution in [-0.4, -0.2) is 6.54 Å². The summed E-state index contributed by atoms with van der Waals surface area (Å²) in [6, 6.07) is 12.5. The van der Waals surface area contributed by atoms with E-state index < -0.39 is 0 Å². The molecule has 0 aliphatic rings. The summed E-state index contributed by atoms with van der Waals surface area (Å²) in [5, 5.41) is 3.79. The largest absolute Gasteiger partial charge is 0.313 e. The Morgan fingerprint density at radius 3 is 2.67 bits per heavy atom. The van der Waals surface area contributed by atoms with Crippen molar-refractivity contribution in [3.05, 3.63) is 58.9 Å². The molecule has 0 saturated carbocycles. The van der Waals surface area contributed by atoms with Crippen LogP contribution in [0.5, 0.6) is 0 Å². The lowest BCUT2D eigenvalue weighted by molar-refractivity contribution is 0.625. The number of hydrogen-bond acceptors (Lipinski definition) is 1. The molecule has 18 heavy (non-hydrogen) atoms. The first kappa shape index (κ1) is 13.1. The molecule has 0 aliphatic heterocycles. The average molecular weight is 264 g/mol. The van der Waals surface area contributed by atoms with E-state index in [1.807, 2.05) is 25.1 Å². The molecule has 0 bridgehead atoms. The van der Waals surface area contributed by atoms with Crippen LogP contribution in [0.4, 0.5) is 4.39 Å². The normalized spacial score (nSPS) is 10.6. The summed E-state index contributed by atoms with van der Waals surface area (Å²) in [6.07, 6.45) is 0. The molecule has 0 unspecified atom stereocenters. The van der Waals surface area contributed by atoms with E-state index in [0.29, 0.717) is 17.1 Å². The second-order valence-electron chi connectivity index (χ2n) is 4.10. The molecule has 0 saturated heterocycles. The number of hydrogen-bond donors (Lipinski definition) is 1. The van der Waals surface area contributed by atoms with Crippen LogP contribution in [0.25, 0.3) is 11.1 Å². The second-order valence-corrected chi connectivity index (χ2v) is 4.54. The van der Waals surface area contributed by atoms with E-state index in [-0.39, 0.29) is 5.82 Å². The van der Waals surface area contributed by atoms with Crippen LogP contribution in [0.2, 0.25) is 5.02 Å². The highest BCUT2D eigenvalue weighted by Crippen LogP contribution is 2.25. The fraction of sp³-hybridized carbons (Fsp3) is 0.200. The maximum Gasteiger partial charge on any atom is 0.131 e. The summed E-state index contributed by atoms with van der Waals surface area (Å²) < 4.78 is 14.0. The van der Waals surface area contributed by atoms with Gasteiger partial charge in [0, 0.05) is 17.1 Å². The Balaban J connectivity index is 2.29. The Hall–Kier alpha value is -1.38. The van der Waals surface area contributed by atoms with Crippen molar-refractivity contribution >= 4 is 11.6 Å². The fourth-order valence-corrected chi connectivity index (χ4v) is 2.02.